The summed E-state index contributed by atoms with van der Waals surface area (Å²) in [6, 6.07) is 0.0409. The maximum atomic E-state index is 12.1. The molecule has 0 aromatic carbocycles. The number of rotatable bonds is 7. The van der Waals surface area contributed by atoms with Crippen molar-refractivity contribution in [3.05, 3.63) is 0 Å². The second-order valence-electron chi connectivity index (χ2n) is 6.94. The molecular formula is C17H32N2O3. The minimum atomic E-state index is -0.100. The summed E-state index contributed by atoms with van der Waals surface area (Å²) in [6.45, 7) is 2.81. The van der Waals surface area contributed by atoms with E-state index in [0.717, 1.165) is 25.7 Å². The van der Waals surface area contributed by atoms with Gasteiger partial charge in [-0.05, 0) is 38.0 Å². The van der Waals surface area contributed by atoms with Crippen molar-refractivity contribution in [3.63, 3.8) is 0 Å². The number of urea groups is 1. The number of nitrogens with one attached hydrogen (secondary N) is 2. The Balaban J connectivity index is 1.73. The van der Waals surface area contributed by atoms with Gasteiger partial charge in [0.15, 0.2) is 0 Å². The van der Waals surface area contributed by atoms with E-state index in [1.165, 1.54) is 32.1 Å². The average Bonchev–Trinajstić information content (AvgIpc) is 3.00. The quantitative estimate of drug-likeness (QED) is 0.676. The molecule has 5 nitrogen and oxygen atoms in total. The highest BCUT2D eigenvalue weighted by molar-refractivity contribution is 5.74. The number of aliphatic hydroxyl groups is 1. The number of amides is 2. The number of hydrogen-bond donors (Lipinski definition) is 3. The van der Waals surface area contributed by atoms with E-state index >= 15 is 0 Å². The Labute approximate surface area is 134 Å². The monoisotopic (exact) mass is 312 g/mol. The molecule has 0 aliphatic heterocycles. The van der Waals surface area contributed by atoms with Crippen molar-refractivity contribution in [2.45, 2.75) is 83.0 Å². The molecule has 0 bridgehead atoms. The predicted molar refractivity (Wildman–Crippen MR) is 86.8 cm³/mol. The lowest BCUT2D eigenvalue weighted by atomic mass is 9.92. The summed E-state index contributed by atoms with van der Waals surface area (Å²) < 4.78 is 6.25. The fourth-order valence-electron chi connectivity index (χ4n) is 3.51. The van der Waals surface area contributed by atoms with Crippen LogP contribution in [0.3, 0.4) is 0 Å². The van der Waals surface area contributed by atoms with Gasteiger partial charge in [-0.1, -0.05) is 32.6 Å². The minimum Gasteiger partial charge on any atom is -0.396 e. The zero-order chi connectivity index (χ0) is 15.8. The maximum Gasteiger partial charge on any atom is 0.315 e. The highest BCUT2D eigenvalue weighted by atomic mass is 16.5. The summed E-state index contributed by atoms with van der Waals surface area (Å²) in [6.07, 6.45) is 10.6. The van der Waals surface area contributed by atoms with Crippen LogP contribution in [0.4, 0.5) is 4.79 Å². The SMILES string of the molecule is CC(CCO)CNC(=O)NC1CCCCC1OC1CCCC1. The highest BCUT2D eigenvalue weighted by Gasteiger charge is 2.30. The van der Waals surface area contributed by atoms with Crippen LogP contribution in [0, 0.1) is 5.92 Å². The van der Waals surface area contributed by atoms with Crippen LogP contribution in [-0.2, 0) is 4.74 Å². The predicted octanol–water partition coefficient (Wildman–Crippen LogP) is 2.57. The highest BCUT2D eigenvalue weighted by Crippen LogP contribution is 2.28. The summed E-state index contributed by atoms with van der Waals surface area (Å²) in [5.74, 6) is 0.299. The Hall–Kier alpha value is -0.810. The van der Waals surface area contributed by atoms with Gasteiger partial charge < -0.3 is 20.5 Å². The molecular weight excluding hydrogens is 280 g/mol. The summed E-state index contributed by atoms with van der Waals surface area (Å²) in [4.78, 5) is 12.1. The molecule has 0 heterocycles. The third kappa shape index (κ3) is 5.76. The Bertz CT molecular complexity index is 332. The molecule has 3 atom stereocenters. The number of carbonyl (C=O) groups is 1. The fraction of sp³-hybridized carbons (Fsp3) is 0.941. The number of ether oxygens (including phenoxy) is 1. The minimum absolute atomic E-state index is 0.100. The molecule has 2 aliphatic carbocycles. The zero-order valence-electron chi connectivity index (χ0n) is 13.9. The van der Waals surface area contributed by atoms with E-state index in [-0.39, 0.29) is 24.8 Å². The molecule has 0 spiro atoms. The van der Waals surface area contributed by atoms with E-state index in [0.29, 0.717) is 18.6 Å². The van der Waals surface area contributed by atoms with Crippen molar-refractivity contribution >= 4 is 6.03 Å². The van der Waals surface area contributed by atoms with Crippen molar-refractivity contribution < 1.29 is 14.6 Å². The molecule has 0 radical (unpaired) electrons. The number of carbonyl (C=O) groups excluding carboxylic acids is 1. The van der Waals surface area contributed by atoms with Crippen LogP contribution in [0.15, 0.2) is 0 Å². The molecule has 2 rings (SSSR count). The van der Waals surface area contributed by atoms with Crippen LogP contribution in [0.2, 0.25) is 0 Å². The van der Waals surface area contributed by atoms with Gasteiger partial charge in [0.1, 0.15) is 0 Å². The zero-order valence-corrected chi connectivity index (χ0v) is 13.9. The van der Waals surface area contributed by atoms with Gasteiger partial charge in [0, 0.05) is 13.2 Å². The van der Waals surface area contributed by atoms with Crippen molar-refractivity contribution in [2.75, 3.05) is 13.2 Å². The molecule has 0 saturated heterocycles. The maximum absolute atomic E-state index is 12.1. The molecule has 3 N–H and O–H groups in total. The summed E-state index contributed by atoms with van der Waals surface area (Å²) >= 11 is 0. The van der Waals surface area contributed by atoms with Crippen LogP contribution in [0.1, 0.15) is 64.7 Å². The molecule has 0 aromatic rings. The first kappa shape index (κ1) is 17.5. The largest absolute Gasteiger partial charge is 0.396 e. The van der Waals surface area contributed by atoms with Gasteiger partial charge in [-0.2, -0.15) is 0 Å². The lowest BCUT2D eigenvalue weighted by molar-refractivity contribution is -0.0410. The standard InChI is InChI=1S/C17H32N2O3/c1-13(10-11-20)12-18-17(21)19-15-8-4-5-9-16(15)22-14-6-2-3-7-14/h13-16,20H,2-12H2,1H3,(H2,18,19,21). The van der Waals surface area contributed by atoms with Gasteiger partial charge in [0.2, 0.25) is 0 Å². The van der Waals surface area contributed by atoms with Gasteiger partial charge in [-0.3, -0.25) is 0 Å². The van der Waals surface area contributed by atoms with Crippen LogP contribution in [0.25, 0.3) is 0 Å². The Morgan fingerprint density at radius 1 is 1.18 bits per heavy atom. The number of hydrogen-bond acceptors (Lipinski definition) is 3. The Morgan fingerprint density at radius 2 is 1.86 bits per heavy atom. The molecule has 5 heteroatoms. The molecule has 2 amide bonds. The van der Waals surface area contributed by atoms with Gasteiger partial charge in [-0.25, -0.2) is 4.79 Å². The fourth-order valence-corrected chi connectivity index (χ4v) is 3.51. The van der Waals surface area contributed by atoms with E-state index in [1.807, 2.05) is 6.92 Å². The van der Waals surface area contributed by atoms with E-state index in [1.54, 1.807) is 0 Å². The summed E-state index contributed by atoms with van der Waals surface area (Å²) in [5, 5.41) is 14.9. The summed E-state index contributed by atoms with van der Waals surface area (Å²) in [5.41, 5.74) is 0. The third-order valence-corrected chi connectivity index (χ3v) is 4.92. The molecule has 22 heavy (non-hydrogen) atoms. The summed E-state index contributed by atoms with van der Waals surface area (Å²) in [7, 11) is 0. The first-order valence-electron chi connectivity index (χ1n) is 8.99. The lowest BCUT2D eigenvalue weighted by Crippen LogP contribution is -2.51. The van der Waals surface area contributed by atoms with E-state index < -0.39 is 0 Å². The molecule has 2 saturated carbocycles. The normalized spacial score (nSPS) is 27.5. The van der Waals surface area contributed by atoms with Gasteiger partial charge in [-0.15, -0.1) is 0 Å². The molecule has 2 aliphatic rings. The lowest BCUT2D eigenvalue weighted by Gasteiger charge is -2.34. The van der Waals surface area contributed by atoms with Crippen LogP contribution < -0.4 is 10.6 Å². The molecule has 0 aromatic heterocycles. The average molecular weight is 312 g/mol. The third-order valence-electron chi connectivity index (χ3n) is 4.92. The van der Waals surface area contributed by atoms with Crippen molar-refractivity contribution in [1.82, 2.24) is 10.6 Å². The topological polar surface area (TPSA) is 70.6 Å². The first-order chi connectivity index (χ1) is 10.7. The first-order valence-corrected chi connectivity index (χ1v) is 8.99. The molecule has 128 valence electrons. The smallest absolute Gasteiger partial charge is 0.315 e. The second kappa shape index (κ2) is 9.36. The van der Waals surface area contributed by atoms with E-state index in [2.05, 4.69) is 10.6 Å². The van der Waals surface area contributed by atoms with Crippen molar-refractivity contribution in [2.24, 2.45) is 5.92 Å². The van der Waals surface area contributed by atoms with Crippen molar-refractivity contribution in [1.29, 1.82) is 0 Å². The van der Waals surface area contributed by atoms with Crippen LogP contribution in [-0.4, -0.2) is 42.5 Å². The van der Waals surface area contributed by atoms with Crippen LogP contribution in [0.5, 0.6) is 0 Å². The van der Waals surface area contributed by atoms with Gasteiger partial charge in [0.05, 0.1) is 18.2 Å². The molecule has 2 fully saturated rings. The van der Waals surface area contributed by atoms with Crippen LogP contribution >= 0.6 is 0 Å². The van der Waals surface area contributed by atoms with Crippen molar-refractivity contribution in [3.8, 4) is 0 Å². The molecule has 3 unspecified atom stereocenters. The van der Waals surface area contributed by atoms with E-state index in [4.69, 9.17) is 9.84 Å². The number of aliphatic hydroxyl groups excluding tert-OH is 1. The Morgan fingerprint density at radius 3 is 2.59 bits per heavy atom. The second-order valence-corrected chi connectivity index (χ2v) is 6.94. The Kier molecular flexibility index (Phi) is 7.46. The van der Waals surface area contributed by atoms with E-state index in [9.17, 15) is 4.79 Å². The van der Waals surface area contributed by atoms with Gasteiger partial charge in [0.25, 0.3) is 0 Å². The van der Waals surface area contributed by atoms with Gasteiger partial charge >= 0.3 is 6.03 Å².